The van der Waals surface area contributed by atoms with E-state index in [0.29, 0.717) is 6.04 Å². The highest BCUT2D eigenvalue weighted by atomic mass is 127. The predicted octanol–water partition coefficient (Wildman–Crippen LogP) is 3.35. The SMILES string of the molecule is CCC1CCNC1c1ccc(I)cc1. The average Bonchev–Trinajstić information content (AvgIpc) is 2.67. The Labute approximate surface area is 99.4 Å². The number of hydrogen-bond donors (Lipinski definition) is 1. The molecule has 0 aromatic heterocycles. The van der Waals surface area contributed by atoms with Crippen LogP contribution in [0.2, 0.25) is 0 Å². The molecule has 1 aliphatic heterocycles. The third-order valence-electron chi connectivity index (χ3n) is 3.10. The van der Waals surface area contributed by atoms with Gasteiger partial charge in [0, 0.05) is 9.61 Å². The lowest BCUT2D eigenvalue weighted by molar-refractivity contribution is 0.449. The number of nitrogens with one attached hydrogen (secondary N) is 1. The molecule has 2 atom stereocenters. The molecule has 1 fully saturated rings. The molecular weight excluding hydrogens is 285 g/mol. The molecule has 76 valence electrons. The first-order chi connectivity index (χ1) is 6.81. The molecule has 0 amide bonds. The van der Waals surface area contributed by atoms with Crippen molar-refractivity contribution in [2.24, 2.45) is 5.92 Å². The summed E-state index contributed by atoms with van der Waals surface area (Å²) in [6.07, 6.45) is 2.61. The fraction of sp³-hybridized carbons (Fsp3) is 0.500. The lowest BCUT2D eigenvalue weighted by Crippen LogP contribution is -2.17. The fourth-order valence-corrected chi connectivity index (χ4v) is 2.62. The van der Waals surface area contributed by atoms with Gasteiger partial charge < -0.3 is 5.32 Å². The molecule has 14 heavy (non-hydrogen) atoms. The smallest absolute Gasteiger partial charge is 0.0349 e. The summed E-state index contributed by atoms with van der Waals surface area (Å²) < 4.78 is 1.32. The standard InChI is InChI=1S/C12H16IN/c1-2-9-7-8-14-12(9)10-3-5-11(13)6-4-10/h3-6,9,12,14H,2,7-8H2,1H3. The monoisotopic (exact) mass is 301 g/mol. The molecule has 1 heterocycles. The fourth-order valence-electron chi connectivity index (χ4n) is 2.26. The summed E-state index contributed by atoms with van der Waals surface area (Å²) in [6.45, 7) is 3.46. The summed E-state index contributed by atoms with van der Waals surface area (Å²) in [5.74, 6) is 0.829. The molecule has 0 radical (unpaired) electrons. The molecule has 1 N–H and O–H groups in total. The Morgan fingerprint density at radius 1 is 1.36 bits per heavy atom. The topological polar surface area (TPSA) is 12.0 Å². The van der Waals surface area contributed by atoms with Gasteiger partial charge in [-0.25, -0.2) is 0 Å². The Kier molecular flexibility index (Phi) is 3.44. The first-order valence-corrected chi connectivity index (χ1v) is 6.38. The van der Waals surface area contributed by atoms with Crippen LogP contribution >= 0.6 is 22.6 Å². The quantitative estimate of drug-likeness (QED) is 0.826. The van der Waals surface area contributed by atoms with E-state index in [0.717, 1.165) is 5.92 Å². The lowest BCUT2D eigenvalue weighted by Gasteiger charge is -2.18. The third-order valence-corrected chi connectivity index (χ3v) is 3.82. The highest BCUT2D eigenvalue weighted by molar-refractivity contribution is 14.1. The molecule has 1 aromatic carbocycles. The highest BCUT2D eigenvalue weighted by Crippen LogP contribution is 2.31. The summed E-state index contributed by atoms with van der Waals surface area (Å²) in [7, 11) is 0. The van der Waals surface area contributed by atoms with E-state index in [9.17, 15) is 0 Å². The molecule has 1 aromatic rings. The van der Waals surface area contributed by atoms with Gasteiger partial charge in [-0.1, -0.05) is 25.5 Å². The first-order valence-electron chi connectivity index (χ1n) is 5.30. The summed E-state index contributed by atoms with van der Waals surface area (Å²) in [5, 5.41) is 3.59. The molecule has 1 saturated heterocycles. The van der Waals surface area contributed by atoms with Crippen molar-refractivity contribution in [2.45, 2.75) is 25.8 Å². The van der Waals surface area contributed by atoms with Gasteiger partial charge in [-0.2, -0.15) is 0 Å². The van der Waals surface area contributed by atoms with Crippen molar-refractivity contribution in [3.63, 3.8) is 0 Å². The minimum atomic E-state index is 0.594. The van der Waals surface area contributed by atoms with Gasteiger partial charge in [0.2, 0.25) is 0 Å². The lowest BCUT2D eigenvalue weighted by atomic mass is 9.92. The number of hydrogen-bond acceptors (Lipinski definition) is 1. The van der Waals surface area contributed by atoms with Crippen LogP contribution in [0.1, 0.15) is 31.4 Å². The average molecular weight is 301 g/mol. The minimum Gasteiger partial charge on any atom is -0.310 e. The second-order valence-corrected chi connectivity index (χ2v) is 5.19. The van der Waals surface area contributed by atoms with E-state index in [-0.39, 0.29) is 0 Å². The van der Waals surface area contributed by atoms with Crippen molar-refractivity contribution in [3.05, 3.63) is 33.4 Å². The Morgan fingerprint density at radius 3 is 2.71 bits per heavy atom. The van der Waals surface area contributed by atoms with Gasteiger partial charge in [0.05, 0.1) is 0 Å². The van der Waals surface area contributed by atoms with Crippen LogP contribution in [0.5, 0.6) is 0 Å². The maximum Gasteiger partial charge on any atom is 0.0349 e. The molecule has 1 aliphatic rings. The van der Waals surface area contributed by atoms with Gasteiger partial charge >= 0.3 is 0 Å². The second kappa shape index (κ2) is 4.62. The van der Waals surface area contributed by atoms with E-state index < -0.39 is 0 Å². The summed E-state index contributed by atoms with van der Waals surface area (Å²) in [5.41, 5.74) is 1.45. The van der Waals surface area contributed by atoms with Crippen LogP contribution in [-0.4, -0.2) is 6.54 Å². The maximum atomic E-state index is 3.59. The summed E-state index contributed by atoms with van der Waals surface area (Å²) in [4.78, 5) is 0. The van der Waals surface area contributed by atoms with Gasteiger partial charge in [0.15, 0.2) is 0 Å². The molecule has 0 saturated carbocycles. The molecule has 2 rings (SSSR count). The van der Waals surface area contributed by atoms with Gasteiger partial charge in [0.1, 0.15) is 0 Å². The van der Waals surface area contributed by atoms with Crippen molar-refractivity contribution in [3.8, 4) is 0 Å². The third kappa shape index (κ3) is 2.11. The number of rotatable bonds is 2. The molecule has 2 unspecified atom stereocenters. The zero-order valence-electron chi connectivity index (χ0n) is 8.46. The van der Waals surface area contributed by atoms with Crippen molar-refractivity contribution < 1.29 is 0 Å². The Hall–Kier alpha value is -0.0900. The van der Waals surface area contributed by atoms with E-state index in [4.69, 9.17) is 0 Å². The Morgan fingerprint density at radius 2 is 2.07 bits per heavy atom. The number of halogens is 1. The van der Waals surface area contributed by atoms with Crippen LogP contribution in [-0.2, 0) is 0 Å². The van der Waals surface area contributed by atoms with Crippen molar-refractivity contribution in [2.75, 3.05) is 6.54 Å². The normalized spacial score (nSPS) is 26.7. The van der Waals surface area contributed by atoms with E-state index in [2.05, 4.69) is 59.1 Å². The van der Waals surface area contributed by atoms with E-state index in [1.807, 2.05) is 0 Å². The van der Waals surface area contributed by atoms with Crippen LogP contribution < -0.4 is 5.32 Å². The van der Waals surface area contributed by atoms with Crippen LogP contribution in [0.15, 0.2) is 24.3 Å². The maximum absolute atomic E-state index is 3.59. The first kappa shape index (κ1) is 10.4. The van der Waals surface area contributed by atoms with Crippen LogP contribution in [0.4, 0.5) is 0 Å². The van der Waals surface area contributed by atoms with Crippen LogP contribution in [0, 0.1) is 9.49 Å². The van der Waals surface area contributed by atoms with Crippen molar-refractivity contribution in [1.29, 1.82) is 0 Å². The van der Waals surface area contributed by atoms with E-state index in [1.54, 1.807) is 0 Å². The Bertz CT molecular complexity index is 294. The summed E-state index contributed by atoms with van der Waals surface area (Å²) in [6, 6.07) is 9.50. The van der Waals surface area contributed by atoms with Gasteiger partial charge in [0.25, 0.3) is 0 Å². The number of benzene rings is 1. The molecule has 0 bridgehead atoms. The van der Waals surface area contributed by atoms with Gasteiger partial charge in [-0.15, -0.1) is 0 Å². The van der Waals surface area contributed by atoms with Crippen molar-refractivity contribution in [1.82, 2.24) is 5.32 Å². The molecular formula is C12H16IN. The Balaban J connectivity index is 2.17. The zero-order valence-corrected chi connectivity index (χ0v) is 10.6. The van der Waals surface area contributed by atoms with Crippen LogP contribution in [0.3, 0.4) is 0 Å². The van der Waals surface area contributed by atoms with Crippen molar-refractivity contribution >= 4 is 22.6 Å². The molecule has 2 heteroatoms. The van der Waals surface area contributed by atoms with Gasteiger partial charge in [-0.05, 0) is 59.2 Å². The predicted molar refractivity (Wildman–Crippen MR) is 68.3 cm³/mol. The van der Waals surface area contributed by atoms with Crippen LogP contribution in [0.25, 0.3) is 0 Å². The summed E-state index contributed by atoms with van der Waals surface area (Å²) >= 11 is 2.35. The van der Waals surface area contributed by atoms with E-state index in [1.165, 1.54) is 28.5 Å². The largest absolute Gasteiger partial charge is 0.310 e. The minimum absolute atomic E-state index is 0.594. The highest BCUT2D eigenvalue weighted by Gasteiger charge is 2.26. The second-order valence-electron chi connectivity index (χ2n) is 3.94. The molecule has 1 nitrogen and oxygen atoms in total. The zero-order chi connectivity index (χ0) is 9.97. The molecule has 0 aliphatic carbocycles. The molecule has 0 spiro atoms. The van der Waals surface area contributed by atoms with E-state index >= 15 is 0 Å². The van der Waals surface area contributed by atoms with Gasteiger partial charge in [-0.3, -0.25) is 0 Å².